The number of hydrogen-bond donors (Lipinski definition) is 1. The average Bonchev–Trinajstić information content (AvgIpc) is 2.79. The third-order valence-corrected chi connectivity index (χ3v) is 3.59. The Kier molecular flexibility index (Phi) is 4.66. The molecule has 0 aliphatic heterocycles. The lowest BCUT2D eigenvalue weighted by atomic mass is 9.96. The van der Waals surface area contributed by atoms with Crippen molar-refractivity contribution in [3.8, 4) is 0 Å². The summed E-state index contributed by atoms with van der Waals surface area (Å²) >= 11 is 0. The van der Waals surface area contributed by atoms with Crippen molar-refractivity contribution in [1.82, 2.24) is 14.9 Å². The van der Waals surface area contributed by atoms with Crippen molar-refractivity contribution in [1.29, 1.82) is 0 Å². The summed E-state index contributed by atoms with van der Waals surface area (Å²) in [5, 5.41) is 2.99. The van der Waals surface area contributed by atoms with Crippen LogP contribution in [0.3, 0.4) is 0 Å². The third-order valence-electron chi connectivity index (χ3n) is 3.59. The molecule has 4 nitrogen and oxygen atoms in total. The number of aromatic nitrogens is 2. The number of aryl methyl sites for hydroxylation is 2. The maximum absolute atomic E-state index is 11.8. The minimum atomic E-state index is -0.323. The Bertz CT molecular complexity index is 622. The number of benzene rings is 1. The van der Waals surface area contributed by atoms with Gasteiger partial charge in [0.05, 0.1) is 11.0 Å². The summed E-state index contributed by atoms with van der Waals surface area (Å²) in [5.41, 5.74) is 1.91. The van der Waals surface area contributed by atoms with Crippen LogP contribution in [0.15, 0.2) is 24.3 Å². The van der Waals surface area contributed by atoms with E-state index in [0.717, 1.165) is 30.7 Å². The minimum absolute atomic E-state index is 0.103. The normalized spacial score (nSPS) is 11.8. The second kappa shape index (κ2) is 6.29. The molecule has 1 aromatic carbocycles. The van der Waals surface area contributed by atoms with Gasteiger partial charge in [0, 0.05) is 24.9 Å². The minimum Gasteiger partial charge on any atom is -0.356 e. The number of nitrogens with one attached hydrogen (secondary N) is 1. The SMILES string of the molecule is CCn1c(CCCNC(=O)C(C)(C)C)nc2ccccc21. The largest absolute Gasteiger partial charge is 0.356 e. The number of carbonyl (C=O) groups is 1. The molecular weight excluding hydrogens is 262 g/mol. The van der Waals surface area contributed by atoms with Crippen molar-refractivity contribution in [3.05, 3.63) is 30.1 Å². The second-order valence-electron chi connectivity index (χ2n) is 6.37. The number of fused-ring (bicyclic) bond motifs is 1. The van der Waals surface area contributed by atoms with Crippen LogP contribution in [-0.4, -0.2) is 22.0 Å². The Labute approximate surface area is 126 Å². The van der Waals surface area contributed by atoms with Crippen molar-refractivity contribution < 1.29 is 4.79 Å². The molecule has 2 rings (SSSR count). The second-order valence-corrected chi connectivity index (χ2v) is 6.37. The van der Waals surface area contributed by atoms with E-state index in [-0.39, 0.29) is 11.3 Å². The fourth-order valence-electron chi connectivity index (χ4n) is 2.38. The van der Waals surface area contributed by atoms with Crippen LogP contribution in [0.4, 0.5) is 0 Å². The fraction of sp³-hybridized carbons (Fsp3) is 0.529. The van der Waals surface area contributed by atoms with Gasteiger partial charge < -0.3 is 9.88 Å². The molecule has 0 aliphatic carbocycles. The smallest absolute Gasteiger partial charge is 0.225 e. The molecule has 0 radical (unpaired) electrons. The molecule has 0 atom stereocenters. The zero-order valence-corrected chi connectivity index (χ0v) is 13.4. The van der Waals surface area contributed by atoms with E-state index in [1.807, 2.05) is 39.0 Å². The Balaban J connectivity index is 1.96. The Morgan fingerprint density at radius 2 is 2.00 bits per heavy atom. The standard InChI is InChI=1S/C17H25N3O/c1-5-20-14-10-7-6-9-13(14)19-15(20)11-8-12-18-16(21)17(2,3)4/h6-7,9-10H,5,8,11-12H2,1-4H3,(H,18,21). The molecule has 21 heavy (non-hydrogen) atoms. The van der Waals surface area contributed by atoms with Crippen molar-refractivity contribution in [2.24, 2.45) is 5.41 Å². The van der Waals surface area contributed by atoms with Gasteiger partial charge in [-0.3, -0.25) is 4.79 Å². The van der Waals surface area contributed by atoms with Gasteiger partial charge in [-0.05, 0) is 25.5 Å². The van der Waals surface area contributed by atoms with Gasteiger partial charge in [0.25, 0.3) is 0 Å². The first kappa shape index (κ1) is 15.5. The van der Waals surface area contributed by atoms with Gasteiger partial charge >= 0.3 is 0 Å². The lowest BCUT2D eigenvalue weighted by Crippen LogP contribution is -2.35. The number of rotatable bonds is 5. The summed E-state index contributed by atoms with van der Waals surface area (Å²) in [6, 6.07) is 8.22. The molecular formula is C17H25N3O. The van der Waals surface area contributed by atoms with Crippen LogP contribution < -0.4 is 5.32 Å². The molecule has 4 heteroatoms. The number of imidazole rings is 1. The van der Waals surface area contributed by atoms with Gasteiger partial charge in [0.15, 0.2) is 0 Å². The molecule has 1 aromatic heterocycles. The number of para-hydroxylation sites is 2. The molecule has 0 bridgehead atoms. The molecule has 0 unspecified atom stereocenters. The van der Waals surface area contributed by atoms with E-state index in [0.29, 0.717) is 6.54 Å². The van der Waals surface area contributed by atoms with Gasteiger partial charge in [-0.1, -0.05) is 32.9 Å². The van der Waals surface area contributed by atoms with Gasteiger partial charge in [-0.15, -0.1) is 0 Å². The summed E-state index contributed by atoms with van der Waals surface area (Å²) in [5.74, 6) is 1.20. The van der Waals surface area contributed by atoms with Crippen LogP contribution in [0, 0.1) is 5.41 Å². The highest BCUT2D eigenvalue weighted by Crippen LogP contribution is 2.17. The molecule has 2 aromatic rings. The highest BCUT2D eigenvalue weighted by Gasteiger charge is 2.20. The molecule has 1 N–H and O–H groups in total. The number of amides is 1. The van der Waals surface area contributed by atoms with Crippen molar-refractivity contribution >= 4 is 16.9 Å². The highest BCUT2D eigenvalue weighted by atomic mass is 16.2. The van der Waals surface area contributed by atoms with Crippen molar-refractivity contribution in [2.75, 3.05) is 6.54 Å². The first-order valence-corrected chi connectivity index (χ1v) is 7.66. The molecule has 0 fully saturated rings. The summed E-state index contributed by atoms with van der Waals surface area (Å²) in [6.07, 6.45) is 1.79. The molecule has 1 heterocycles. The molecule has 0 saturated carbocycles. The quantitative estimate of drug-likeness (QED) is 0.859. The monoisotopic (exact) mass is 287 g/mol. The van der Waals surface area contributed by atoms with E-state index in [2.05, 4.69) is 22.9 Å². The Hall–Kier alpha value is -1.84. The molecule has 0 saturated heterocycles. The van der Waals surface area contributed by atoms with Gasteiger partial charge in [0.1, 0.15) is 5.82 Å². The molecule has 0 aliphatic rings. The first-order chi connectivity index (χ1) is 9.93. The number of carbonyl (C=O) groups excluding carboxylic acids is 1. The van der Waals surface area contributed by atoms with E-state index in [4.69, 9.17) is 4.98 Å². The van der Waals surface area contributed by atoms with Crippen LogP contribution >= 0.6 is 0 Å². The topological polar surface area (TPSA) is 46.9 Å². The number of nitrogens with zero attached hydrogens (tertiary/aromatic N) is 2. The van der Waals surface area contributed by atoms with Crippen LogP contribution in [0.2, 0.25) is 0 Å². The Morgan fingerprint density at radius 1 is 1.29 bits per heavy atom. The maximum atomic E-state index is 11.8. The lowest BCUT2D eigenvalue weighted by molar-refractivity contribution is -0.128. The summed E-state index contributed by atoms with van der Waals surface area (Å²) < 4.78 is 2.25. The van der Waals surface area contributed by atoms with Crippen LogP contribution in [0.25, 0.3) is 11.0 Å². The Morgan fingerprint density at radius 3 is 2.67 bits per heavy atom. The number of hydrogen-bond acceptors (Lipinski definition) is 2. The van der Waals surface area contributed by atoms with Gasteiger partial charge in [-0.2, -0.15) is 0 Å². The summed E-state index contributed by atoms with van der Waals surface area (Å²) in [4.78, 5) is 16.5. The van der Waals surface area contributed by atoms with Gasteiger partial charge in [-0.25, -0.2) is 4.98 Å². The van der Waals surface area contributed by atoms with Crippen molar-refractivity contribution in [2.45, 2.75) is 47.1 Å². The predicted molar refractivity (Wildman–Crippen MR) is 86.2 cm³/mol. The fourth-order valence-corrected chi connectivity index (χ4v) is 2.38. The van der Waals surface area contributed by atoms with E-state index < -0.39 is 0 Å². The first-order valence-electron chi connectivity index (χ1n) is 7.66. The van der Waals surface area contributed by atoms with E-state index >= 15 is 0 Å². The summed E-state index contributed by atoms with van der Waals surface area (Å²) in [6.45, 7) is 9.54. The van der Waals surface area contributed by atoms with Crippen LogP contribution in [-0.2, 0) is 17.8 Å². The van der Waals surface area contributed by atoms with E-state index in [9.17, 15) is 4.79 Å². The average molecular weight is 287 g/mol. The lowest BCUT2D eigenvalue weighted by Gasteiger charge is -2.17. The zero-order valence-electron chi connectivity index (χ0n) is 13.4. The van der Waals surface area contributed by atoms with Crippen LogP contribution in [0.1, 0.15) is 39.9 Å². The summed E-state index contributed by atoms with van der Waals surface area (Å²) in [7, 11) is 0. The molecule has 114 valence electrons. The maximum Gasteiger partial charge on any atom is 0.225 e. The van der Waals surface area contributed by atoms with E-state index in [1.54, 1.807) is 0 Å². The van der Waals surface area contributed by atoms with E-state index in [1.165, 1.54) is 5.52 Å². The van der Waals surface area contributed by atoms with Crippen molar-refractivity contribution in [3.63, 3.8) is 0 Å². The molecule has 0 spiro atoms. The van der Waals surface area contributed by atoms with Crippen LogP contribution in [0.5, 0.6) is 0 Å². The predicted octanol–water partition coefficient (Wildman–Crippen LogP) is 3.15. The third kappa shape index (κ3) is 3.63. The molecule has 1 amide bonds. The highest BCUT2D eigenvalue weighted by molar-refractivity contribution is 5.81. The zero-order chi connectivity index (χ0) is 15.5. The van der Waals surface area contributed by atoms with Gasteiger partial charge in [0.2, 0.25) is 5.91 Å².